The van der Waals surface area contributed by atoms with Gasteiger partial charge in [-0.15, -0.1) is 5.10 Å². The summed E-state index contributed by atoms with van der Waals surface area (Å²) in [6.45, 7) is 11.0. The lowest BCUT2D eigenvalue weighted by Gasteiger charge is -2.19. The van der Waals surface area contributed by atoms with E-state index in [9.17, 15) is 5.11 Å². The molecule has 0 spiro atoms. The van der Waals surface area contributed by atoms with Gasteiger partial charge in [-0.25, -0.2) is 9.67 Å². The standard InChI is InChI=1S/C22H30N4O/c1-7-10-17(22(2,3)4)11-8-14-21-23-20(16-25(5)6)24-26(21)18-12-9-13-19(27)15-18/h7-13,15,27H,1,14,16H2,2-6H3/b11-8-,17-10+. The van der Waals surface area contributed by atoms with Crippen LogP contribution in [0.25, 0.3) is 5.69 Å². The molecule has 0 bridgehead atoms. The Labute approximate surface area is 162 Å². The molecule has 144 valence electrons. The minimum atomic E-state index is 0.0413. The highest BCUT2D eigenvalue weighted by Gasteiger charge is 2.15. The van der Waals surface area contributed by atoms with E-state index in [4.69, 9.17) is 4.98 Å². The summed E-state index contributed by atoms with van der Waals surface area (Å²) in [5, 5.41) is 14.4. The van der Waals surface area contributed by atoms with Crippen molar-refractivity contribution in [1.29, 1.82) is 0 Å². The fourth-order valence-electron chi connectivity index (χ4n) is 2.68. The van der Waals surface area contributed by atoms with Crippen LogP contribution in [-0.2, 0) is 13.0 Å². The van der Waals surface area contributed by atoms with Crippen molar-refractivity contribution in [2.75, 3.05) is 14.1 Å². The molecule has 0 amide bonds. The van der Waals surface area contributed by atoms with Crippen molar-refractivity contribution >= 4 is 0 Å². The van der Waals surface area contributed by atoms with E-state index in [2.05, 4.69) is 44.6 Å². The van der Waals surface area contributed by atoms with E-state index in [-0.39, 0.29) is 11.2 Å². The molecule has 0 aliphatic heterocycles. The topological polar surface area (TPSA) is 54.2 Å². The molecule has 27 heavy (non-hydrogen) atoms. The number of phenolic OH excluding ortho intramolecular Hbond substituents is 1. The smallest absolute Gasteiger partial charge is 0.165 e. The molecule has 0 fully saturated rings. The number of aromatic nitrogens is 3. The first-order chi connectivity index (χ1) is 12.7. The van der Waals surface area contributed by atoms with E-state index in [0.29, 0.717) is 13.0 Å². The second kappa shape index (κ2) is 8.82. The number of allylic oxidation sites excluding steroid dienone is 5. The molecular formula is C22H30N4O. The summed E-state index contributed by atoms with van der Waals surface area (Å²) in [4.78, 5) is 6.73. The summed E-state index contributed by atoms with van der Waals surface area (Å²) >= 11 is 0. The average Bonchev–Trinajstić information content (AvgIpc) is 2.95. The van der Waals surface area contributed by atoms with Crippen LogP contribution < -0.4 is 0 Å². The van der Waals surface area contributed by atoms with E-state index in [1.165, 1.54) is 5.57 Å². The number of nitrogens with zero attached hydrogens (tertiary/aromatic N) is 4. The quantitative estimate of drug-likeness (QED) is 0.743. The van der Waals surface area contributed by atoms with Gasteiger partial charge in [-0.05, 0) is 37.2 Å². The number of hydrogen-bond donors (Lipinski definition) is 1. The fraction of sp³-hybridized carbons (Fsp3) is 0.364. The summed E-state index contributed by atoms with van der Waals surface area (Å²) in [7, 11) is 3.98. The molecule has 0 atom stereocenters. The van der Waals surface area contributed by atoms with Gasteiger partial charge in [-0.1, -0.05) is 57.7 Å². The van der Waals surface area contributed by atoms with Crippen molar-refractivity contribution in [2.45, 2.75) is 33.7 Å². The molecule has 0 saturated heterocycles. The van der Waals surface area contributed by atoms with Gasteiger partial charge in [0, 0.05) is 12.5 Å². The molecule has 5 nitrogen and oxygen atoms in total. The second-order valence-corrected chi connectivity index (χ2v) is 7.83. The monoisotopic (exact) mass is 366 g/mol. The molecule has 1 N–H and O–H groups in total. The van der Waals surface area contributed by atoms with Crippen molar-refractivity contribution in [1.82, 2.24) is 19.7 Å². The van der Waals surface area contributed by atoms with Gasteiger partial charge in [0.15, 0.2) is 5.82 Å². The molecular weight excluding hydrogens is 336 g/mol. The normalized spacial score (nSPS) is 12.9. The van der Waals surface area contributed by atoms with Crippen LogP contribution in [0.3, 0.4) is 0 Å². The number of hydrogen-bond acceptors (Lipinski definition) is 4. The lowest BCUT2D eigenvalue weighted by Crippen LogP contribution is -2.12. The number of aromatic hydroxyl groups is 1. The predicted molar refractivity (Wildman–Crippen MR) is 111 cm³/mol. The van der Waals surface area contributed by atoms with E-state index in [1.807, 2.05) is 43.3 Å². The highest BCUT2D eigenvalue weighted by Crippen LogP contribution is 2.26. The van der Waals surface area contributed by atoms with E-state index < -0.39 is 0 Å². The Hall–Kier alpha value is -2.66. The van der Waals surface area contributed by atoms with Crippen LogP contribution in [0.1, 0.15) is 32.4 Å². The maximum Gasteiger partial charge on any atom is 0.165 e. The Morgan fingerprint density at radius 3 is 2.63 bits per heavy atom. The molecule has 0 saturated carbocycles. The molecule has 2 aromatic rings. The van der Waals surface area contributed by atoms with Gasteiger partial charge in [-0.2, -0.15) is 0 Å². The van der Waals surface area contributed by atoms with E-state index in [1.54, 1.807) is 16.8 Å². The summed E-state index contributed by atoms with van der Waals surface area (Å²) in [6, 6.07) is 7.07. The molecule has 0 unspecified atom stereocenters. The maximum absolute atomic E-state index is 9.81. The minimum Gasteiger partial charge on any atom is -0.508 e. The van der Waals surface area contributed by atoms with Crippen molar-refractivity contribution in [3.63, 3.8) is 0 Å². The largest absolute Gasteiger partial charge is 0.508 e. The van der Waals surface area contributed by atoms with Gasteiger partial charge < -0.3 is 10.0 Å². The van der Waals surface area contributed by atoms with Gasteiger partial charge in [-0.3, -0.25) is 0 Å². The van der Waals surface area contributed by atoms with Crippen LogP contribution in [0.4, 0.5) is 0 Å². The van der Waals surface area contributed by atoms with Gasteiger partial charge in [0.1, 0.15) is 11.6 Å². The summed E-state index contributed by atoms with van der Waals surface area (Å²) in [5.41, 5.74) is 2.04. The zero-order chi connectivity index (χ0) is 20.0. The molecule has 0 aliphatic carbocycles. The van der Waals surface area contributed by atoms with Crippen LogP contribution >= 0.6 is 0 Å². The Kier molecular flexibility index (Phi) is 6.75. The zero-order valence-electron chi connectivity index (χ0n) is 17.0. The van der Waals surface area contributed by atoms with E-state index >= 15 is 0 Å². The van der Waals surface area contributed by atoms with Crippen LogP contribution in [0, 0.1) is 5.41 Å². The summed E-state index contributed by atoms with van der Waals surface area (Å²) < 4.78 is 1.80. The number of phenols is 1. The van der Waals surface area contributed by atoms with Crippen molar-refractivity contribution in [3.8, 4) is 11.4 Å². The molecule has 2 rings (SSSR count). The van der Waals surface area contributed by atoms with Crippen molar-refractivity contribution in [2.24, 2.45) is 5.41 Å². The van der Waals surface area contributed by atoms with Gasteiger partial charge in [0.2, 0.25) is 0 Å². The maximum atomic E-state index is 9.81. The van der Waals surface area contributed by atoms with Gasteiger partial charge >= 0.3 is 0 Å². The summed E-state index contributed by atoms with van der Waals surface area (Å²) in [6.07, 6.45) is 8.71. The second-order valence-electron chi connectivity index (χ2n) is 7.83. The highest BCUT2D eigenvalue weighted by molar-refractivity contribution is 5.39. The van der Waals surface area contributed by atoms with Gasteiger partial charge in [0.25, 0.3) is 0 Å². The summed E-state index contributed by atoms with van der Waals surface area (Å²) in [5.74, 6) is 1.80. The first kappa shape index (κ1) is 20.6. The minimum absolute atomic E-state index is 0.0413. The molecule has 1 aromatic heterocycles. The average molecular weight is 367 g/mol. The van der Waals surface area contributed by atoms with Crippen LogP contribution in [0.15, 0.2) is 60.7 Å². The van der Waals surface area contributed by atoms with E-state index in [0.717, 1.165) is 17.3 Å². The first-order valence-corrected chi connectivity index (χ1v) is 9.09. The lowest BCUT2D eigenvalue weighted by atomic mass is 9.86. The van der Waals surface area contributed by atoms with Crippen LogP contribution in [0.5, 0.6) is 5.75 Å². The number of benzene rings is 1. The molecule has 0 radical (unpaired) electrons. The molecule has 5 heteroatoms. The van der Waals surface area contributed by atoms with Crippen molar-refractivity contribution < 1.29 is 5.11 Å². The Balaban J connectivity index is 2.34. The molecule has 0 aliphatic rings. The Bertz CT molecular complexity index is 838. The Morgan fingerprint density at radius 1 is 1.30 bits per heavy atom. The first-order valence-electron chi connectivity index (χ1n) is 9.09. The third-order valence-electron chi connectivity index (χ3n) is 4.01. The highest BCUT2D eigenvalue weighted by atomic mass is 16.3. The molecule has 1 aromatic carbocycles. The van der Waals surface area contributed by atoms with Crippen molar-refractivity contribution in [3.05, 3.63) is 72.4 Å². The zero-order valence-corrected chi connectivity index (χ0v) is 17.0. The van der Waals surface area contributed by atoms with Crippen LogP contribution in [0.2, 0.25) is 0 Å². The molecule has 1 heterocycles. The number of rotatable bonds is 7. The third kappa shape index (κ3) is 5.93. The lowest BCUT2D eigenvalue weighted by molar-refractivity contribution is 0.390. The van der Waals surface area contributed by atoms with Gasteiger partial charge in [0.05, 0.1) is 12.2 Å². The third-order valence-corrected chi connectivity index (χ3v) is 4.01. The fourth-order valence-corrected chi connectivity index (χ4v) is 2.68. The SMILES string of the molecule is C=C/C=C(\C=C/Cc1nc(CN(C)C)nn1-c1cccc(O)c1)C(C)(C)C. The Morgan fingerprint density at radius 2 is 2.04 bits per heavy atom. The predicted octanol–water partition coefficient (Wildman–Crippen LogP) is 4.29. The van der Waals surface area contributed by atoms with Crippen LogP contribution in [-0.4, -0.2) is 38.9 Å².